The van der Waals surface area contributed by atoms with Gasteiger partial charge < -0.3 is 42.7 Å². The van der Waals surface area contributed by atoms with Crippen LogP contribution in [0.15, 0.2) is 116 Å². The first-order valence-corrected chi connectivity index (χ1v) is 18.5. The Kier molecular flexibility index (Phi) is 14.2. The van der Waals surface area contributed by atoms with E-state index < -0.39 is 59.9 Å². The number of urea groups is 1. The van der Waals surface area contributed by atoms with Crippen LogP contribution in [0.4, 0.5) is 4.79 Å². The zero-order valence-corrected chi connectivity index (χ0v) is 31.8. The molecule has 2 aromatic heterocycles. The molecule has 57 heavy (non-hydrogen) atoms. The lowest BCUT2D eigenvalue weighted by Crippen LogP contribution is -2.60. The number of para-hydroxylation sites is 1. The zero-order valence-electron chi connectivity index (χ0n) is 31.8. The van der Waals surface area contributed by atoms with Crippen LogP contribution in [0.1, 0.15) is 36.2 Å². The molecule has 0 saturated carbocycles. The van der Waals surface area contributed by atoms with Crippen LogP contribution < -0.4 is 38.2 Å². The lowest BCUT2D eigenvalue weighted by molar-refractivity contribution is -0.132. The quantitative estimate of drug-likeness (QED) is 0.0630. The Morgan fingerprint density at radius 3 is 2.00 bits per heavy atom. The average molecular weight is 776 g/mol. The molecule has 0 spiro atoms. The van der Waals surface area contributed by atoms with E-state index in [-0.39, 0.29) is 31.5 Å². The zero-order chi connectivity index (χ0) is 40.9. The van der Waals surface area contributed by atoms with Crippen molar-refractivity contribution in [3.8, 4) is 0 Å². The molecular formula is C41H49N11O5. The lowest BCUT2D eigenvalue weighted by Gasteiger charge is -2.28. The van der Waals surface area contributed by atoms with Crippen LogP contribution in [0, 0.1) is 0 Å². The topological polar surface area (TPSA) is 245 Å². The fraction of sp³-hybridized carbons (Fsp3) is 0.268. The Hall–Kier alpha value is -6.94. The summed E-state index contributed by atoms with van der Waals surface area (Å²) in [4.78, 5) is 78.5. The van der Waals surface area contributed by atoms with Crippen LogP contribution in [0.2, 0.25) is 0 Å². The molecule has 16 heteroatoms. The van der Waals surface area contributed by atoms with Crippen molar-refractivity contribution in [3.63, 3.8) is 0 Å². The largest absolute Gasteiger partial charge is 0.401 e. The molecule has 0 unspecified atom stereocenters. The summed E-state index contributed by atoms with van der Waals surface area (Å²) in [5.74, 6) is -2.45. The Balaban J connectivity index is 1.34. The van der Waals surface area contributed by atoms with Gasteiger partial charge in [-0.05, 0) is 36.6 Å². The number of benzene rings is 3. The normalized spacial score (nSPS) is 13.6. The maximum atomic E-state index is 14.2. The van der Waals surface area contributed by atoms with Crippen molar-refractivity contribution in [2.24, 2.45) is 11.5 Å². The van der Waals surface area contributed by atoms with Gasteiger partial charge in [0, 0.05) is 54.0 Å². The number of hydrazine groups is 1. The van der Waals surface area contributed by atoms with E-state index in [1.807, 2.05) is 60.7 Å². The summed E-state index contributed by atoms with van der Waals surface area (Å²) in [7, 11) is 0. The molecule has 5 aromatic rings. The molecule has 5 atom stereocenters. The number of amides is 6. The van der Waals surface area contributed by atoms with Gasteiger partial charge in [-0.2, -0.15) is 0 Å². The standard InChI is InChI=1S/C41H49N11O5/c1-25(42)26(2)47-39(55)35(18-28-12-6-4-7-13-28)50-40(56)36(19-30-21-45-34-17-11-10-16-32(30)34)49-37(53)27(3)48-41(57)52(23-29-14-8-5-9-15-29)51-38(54)33(43)20-31-22-44-24-46-31/h4-17,21-22,24,26-27,33,35-36,45H,1,18-20,23,42-43H2,2-3H3,(H,44,46)(H,47,55)(H,48,57)(H,49,53)(H,50,56)(H,51,54)/t26-,27-,33-,35+,36-/m0/s1. The van der Waals surface area contributed by atoms with Gasteiger partial charge in [-0.1, -0.05) is 85.4 Å². The van der Waals surface area contributed by atoms with Gasteiger partial charge in [-0.3, -0.25) is 24.6 Å². The number of hydrogen-bond donors (Lipinski definition) is 9. The number of H-pyrrole nitrogens is 2. The highest BCUT2D eigenvalue weighted by molar-refractivity contribution is 5.95. The summed E-state index contributed by atoms with van der Waals surface area (Å²) in [6.45, 7) is 6.79. The van der Waals surface area contributed by atoms with Gasteiger partial charge in [0.25, 0.3) is 5.91 Å². The van der Waals surface area contributed by atoms with Crippen molar-refractivity contribution in [1.29, 1.82) is 0 Å². The van der Waals surface area contributed by atoms with E-state index in [0.717, 1.165) is 27.0 Å². The number of fused-ring (bicyclic) bond motifs is 1. The van der Waals surface area contributed by atoms with Crippen LogP contribution in [-0.4, -0.2) is 79.8 Å². The van der Waals surface area contributed by atoms with Crippen LogP contribution in [0.25, 0.3) is 10.9 Å². The fourth-order valence-electron chi connectivity index (χ4n) is 5.96. The van der Waals surface area contributed by atoms with Crippen molar-refractivity contribution in [2.75, 3.05) is 0 Å². The van der Waals surface area contributed by atoms with E-state index in [1.165, 1.54) is 13.3 Å². The van der Waals surface area contributed by atoms with Gasteiger partial charge in [0.15, 0.2) is 0 Å². The van der Waals surface area contributed by atoms with E-state index in [9.17, 15) is 24.0 Å². The number of nitrogens with zero attached hydrogens (tertiary/aromatic N) is 2. The monoisotopic (exact) mass is 775 g/mol. The second-order valence-electron chi connectivity index (χ2n) is 13.8. The number of hydrogen-bond acceptors (Lipinski definition) is 8. The van der Waals surface area contributed by atoms with Crippen molar-refractivity contribution >= 4 is 40.6 Å². The van der Waals surface area contributed by atoms with Crippen LogP contribution in [0.3, 0.4) is 0 Å². The summed E-state index contributed by atoms with van der Waals surface area (Å²) in [5.41, 5.74) is 18.5. The van der Waals surface area contributed by atoms with Gasteiger partial charge in [0.05, 0.1) is 25.0 Å². The molecule has 298 valence electrons. The molecular weight excluding hydrogens is 727 g/mol. The Morgan fingerprint density at radius 2 is 1.33 bits per heavy atom. The second-order valence-corrected chi connectivity index (χ2v) is 13.8. The highest BCUT2D eigenvalue weighted by Gasteiger charge is 2.31. The molecule has 0 saturated heterocycles. The van der Waals surface area contributed by atoms with Crippen LogP contribution in [0.5, 0.6) is 0 Å². The molecule has 0 bridgehead atoms. The molecule has 3 aromatic carbocycles. The third-order valence-corrected chi connectivity index (χ3v) is 9.30. The third-order valence-electron chi connectivity index (χ3n) is 9.30. The number of imidazole rings is 1. The summed E-state index contributed by atoms with van der Waals surface area (Å²) >= 11 is 0. The molecule has 5 rings (SSSR count). The maximum absolute atomic E-state index is 14.2. The second kappa shape index (κ2) is 19.6. The first kappa shape index (κ1) is 41.2. The Bertz CT molecular complexity index is 2140. The summed E-state index contributed by atoms with van der Waals surface area (Å²) < 4.78 is 0. The number of nitrogens with two attached hydrogens (primary N) is 2. The van der Waals surface area contributed by atoms with E-state index in [4.69, 9.17) is 11.5 Å². The molecule has 2 heterocycles. The van der Waals surface area contributed by atoms with Crippen molar-refractivity contribution in [2.45, 2.75) is 69.9 Å². The first-order chi connectivity index (χ1) is 27.4. The molecule has 6 amide bonds. The number of carbonyl (C=O) groups is 5. The van der Waals surface area contributed by atoms with Gasteiger partial charge in [0.1, 0.15) is 18.1 Å². The molecule has 0 aliphatic carbocycles. The predicted molar refractivity (Wildman–Crippen MR) is 215 cm³/mol. The minimum Gasteiger partial charge on any atom is -0.401 e. The van der Waals surface area contributed by atoms with Crippen LogP contribution >= 0.6 is 0 Å². The Labute approximate surface area is 330 Å². The van der Waals surface area contributed by atoms with Crippen LogP contribution in [-0.2, 0) is 45.0 Å². The number of nitrogens with one attached hydrogen (secondary N) is 7. The summed E-state index contributed by atoms with van der Waals surface area (Å²) in [6.07, 6.45) is 5.11. The minimum atomic E-state index is -1.19. The van der Waals surface area contributed by atoms with Crippen molar-refractivity contribution in [1.82, 2.24) is 46.7 Å². The van der Waals surface area contributed by atoms with Gasteiger partial charge in [-0.25, -0.2) is 14.8 Å². The highest BCUT2D eigenvalue weighted by atomic mass is 16.2. The minimum absolute atomic E-state index is 0.0440. The average Bonchev–Trinajstić information content (AvgIpc) is 3.87. The SMILES string of the molecule is C=C(N)[C@H](C)NC(=O)[C@@H](Cc1ccccc1)NC(=O)[C@H](Cc1c[nH]c2ccccc12)NC(=O)[C@H](C)NC(=O)N(Cc1ccccc1)NC(=O)[C@@H](N)Cc1cnc[nH]1. The van der Waals surface area contributed by atoms with E-state index in [0.29, 0.717) is 11.3 Å². The third kappa shape index (κ3) is 11.8. The molecule has 0 aliphatic rings. The number of rotatable bonds is 17. The smallest absolute Gasteiger partial charge is 0.337 e. The number of aromatic nitrogens is 3. The first-order valence-electron chi connectivity index (χ1n) is 18.5. The number of carbonyl (C=O) groups excluding carboxylic acids is 5. The molecule has 0 aliphatic heterocycles. The fourth-order valence-corrected chi connectivity index (χ4v) is 5.96. The van der Waals surface area contributed by atoms with Gasteiger partial charge in [0.2, 0.25) is 17.7 Å². The summed E-state index contributed by atoms with van der Waals surface area (Å²) in [5, 5.41) is 12.9. The highest BCUT2D eigenvalue weighted by Crippen LogP contribution is 2.19. The van der Waals surface area contributed by atoms with Gasteiger partial charge in [-0.15, -0.1) is 0 Å². The van der Waals surface area contributed by atoms with Gasteiger partial charge >= 0.3 is 6.03 Å². The Morgan fingerprint density at radius 1 is 0.719 bits per heavy atom. The maximum Gasteiger partial charge on any atom is 0.337 e. The van der Waals surface area contributed by atoms with E-state index in [2.05, 4.69) is 48.2 Å². The van der Waals surface area contributed by atoms with Crippen molar-refractivity contribution in [3.05, 3.63) is 138 Å². The molecule has 16 nitrogen and oxygen atoms in total. The van der Waals surface area contributed by atoms with E-state index >= 15 is 0 Å². The molecule has 0 fully saturated rings. The lowest BCUT2D eigenvalue weighted by atomic mass is 10.0. The molecule has 0 radical (unpaired) electrons. The number of aromatic amines is 2. The molecule has 11 N–H and O–H groups in total. The summed E-state index contributed by atoms with van der Waals surface area (Å²) in [6, 6.07) is 19.8. The predicted octanol–water partition coefficient (Wildman–Crippen LogP) is 1.82. The van der Waals surface area contributed by atoms with E-state index in [1.54, 1.807) is 43.6 Å². The van der Waals surface area contributed by atoms with Crippen molar-refractivity contribution < 1.29 is 24.0 Å².